The average molecular weight is 393 g/mol. The van der Waals surface area contributed by atoms with Crippen LogP contribution in [0.4, 0.5) is 5.69 Å². The first-order chi connectivity index (χ1) is 10.1. The summed E-state index contributed by atoms with van der Waals surface area (Å²) >= 11 is 2.29. The van der Waals surface area contributed by atoms with Crippen LogP contribution in [0.3, 0.4) is 0 Å². The van der Waals surface area contributed by atoms with Crippen molar-refractivity contribution in [1.29, 1.82) is 0 Å². The van der Waals surface area contributed by atoms with Crippen LogP contribution >= 0.6 is 22.6 Å². The Kier molecular flexibility index (Phi) is 5.79. The maximum absolute atomic E-state index is 5.54. The van der Waals surface area contributed by atoms with Crippen molar-refractivity contribution in [2.75, 3.05) is 6.61 Å². The lowest BCUT2D eigenvalue weighted by molar-refractivity contribution is 0.338. The van der Waals surface area contributed by atoms with Crippen molar-refractivity contribution >= 4 is 34.5 Å². The van der Waals surface area contributed by atoms with E-state index in [2.05, 4.69) is 71.8 Å². The smallest absolute Gasteiger partial charge is 0.132 e. The fourth-order valence-electron chi connectivity index (χ4n) is 1.96. The molecule has 0 heterocycles. The SMILES string of the molecule is CCOc1ccc(C=Nc2ccc(C(C)C)cc2)cc1I. The molecule has 0 radical (unpaired) electrons. The third-order valence-corrected chi connectivity index (χ3v) is 4.02. The molecule has 0 saturated heterocycles. The number of aliphatic imine (C=N–C) groups is 1. The number of halogens is 1. The molecule has 0 fully saturated rings. The van der Waals surface area contributed by atoms with E-state index >= 15 is 0 Å². The van der Waals surface area contributed by atoms with Crippen LogP contribution in [0.15, 0.2) is 47.5 Å². The lowest BCUT2D eigenvalue weighted by atomic mass is 10.0. The lowest BCUT2D eigenvalue weighted by Gasteiger charge is -2.06. The molecule has 3 heteroatoms. The highest BCUT2D eigenvalue weighted by Gasteiger charge is 2.01. The predicted octanol–water partition coefficient (Wildman–Crippen LogP) is 5.56. The van der Waals surface area contributed by atoms with E-state index in [4.69, 9.17) is 4.74 Å². The number of hydrogen-bond donors (Lipinski definition) is 0. The maximum Gasteiger partial charge on any atom is 0.132 e. The minimum Gasteiger partial charge on any atom is -0.493 e. The van der Waals surface area contributed by atoms with Gasteiger partial charge in [-0.1, -0.05) is 26.0 Å². The van der Waals surface area contributed by atoms with E-state index in [0.29, 0.717) is 12.5 Å². The summed E-state index contributed by atoms with van der Waals surface area (Å²) in [5.41, 5.74) is 3.39. The van der Waals surface area contributed by atoms with Crippen LogP contribution < -0.4 is 4.74 Å². The van der Waals surface area contributed by atoms with Gasteiger partial charge in [-0.3, -0.25) is 4.99 Å². The molecule has 2 aromatic carbocycles. The molecule has 0 unspecified atom stereocenters. The van der Waals surface area contributed by atoms with Crippen molar-refractivity contribution in [2.45, 2.75) is 26.7 Å². The fraction of sp³-hybridized carbons (Fsp3) is 0.278. The Morgan fingerprint density at radius 2 is 1.86 bits per heavy atom. The first-order valence-electron chi connectivity index (χ1n) is 7.16. The van der Waals surface area contributed by atoms with Crippen LogP contribution in [-0.2, 0) is 0 Å². The number of rotatable bonds is 5. The number of ether oxygens (including phenoxy) is 1. The Balaban J connectivity index is 2.11. The van der Waals surface area contributed by atoms with Gasteiger partial charge in [0.15, 0.2) is 0 Å². The summed E-state index contributed by atoms with van der Waals surface area (Å²) in [6.45, 7) is 7.07. The molecule has 2 rings (SSSR count). The van der Waals surface area contributed by atoms with Gasteiger partial charge in [-0.25, -0.2) is 0 Å². The summed E-state index contributed by atoms with van der Waals surface area (Å²) in [4.78, 5) is 4.52. The van der Waals surface area contributed by atoms with E-state index in [1.165, 1.54) is 5.56 Å². The van der Waals surface area contributed by atoms with Gasteiger partial charge < -0.3 is 4.74 Å². The fourth-order valence-corrected chi connectivity index (χ4v) is 2.66. The zero-order valence-corrected chi connectivity index (χ0v) is 14.8. The largest absolute Gasteiger partial charge is 0.493 e. The third-order valence-electron chi connectivity index (χ3n) is 3.18. The molecule has 110 valence electrons. The topological polar surface area (TPSA) is 21.6 Å². The van der Waals surface area contributed by atoms with E-state index in [0.717, 1.165) is 20.6 Å². The normalized spacial score (nSPS) is 11.3. The molecule has 0 spiro atoms. The monoisotopic (exact) mass is 393 g/mol. The standard InChI is InChI=1S/C18H20INO/c1-4-21-18-10-5-14(11-17(18)19)12-20-16-8-6-15(7-9-16)13(2)3/h5-13H,4H2,1-3H3. The molecule has 0 bridgehead atoms. The van der Waals surface area contributed by atoms with E-state index in [9.17, 15) is 0 Å². The van der Waals surface area contributed by atoms with Crippen LogP contribution in [0.5, 0.6) is 5.75 Å². The Hall–Kier alpha value is -1.36. The minimum absolute atomic E-state index is 0.552. The van der Waals surface area contributed by atoms with Crippen LogP contribution in [0.1, 0.15) is 37.8 Å². The van der Waals surface area contributed by atoms with Gasteiger partial charge in [0.25, 0.3) is 0 Å². The lowest BCUT2D eigenvalue weighted by Crippen LogP contribution is -1.94. The van der Waals surface area contributed by atoms with Crippen molar-refractivity contribution < 1.29 is 4.74 Å². The van der Waals surface area contributed by atoms with Gasteiger partial charge in [0.05, 0.1) is 15.9 Å². The van der Waals surface area contributed by atoms with Crippen molar-refractivity contribution in [3.8, 4) is 5.75 Å². The summed E-state index contributed by atoms with van der Waals surface area (Å²) in [6, 6.07) is 14.5. The quantitative estimate of drug-likeness (QED) is 0.481. The van der Waals surface area contributed by atoms with Gasteiger partial charge in [-0.05, 0) is 76.9 Å². The van der Waals surface area contributed by atoms with Gasteiger partial charge in [0.2, 0.25) is 0 Å². The highest BCUT2D eigenvalue weighted by molar-refractivity contribution is 14.1. The zero-order valence-electron chi connectivity index (χ0n) is 12.6. The van der Waals surface area contributed by atoms with Gasteiger partial charge in [-0.15, -0.1) is 0 Å². The zero-order chi connectivity index (χ0) is 15.2. The molecule has 0 N–H and O–H groups in total. The van der Waals surface area contributed by atoms with E-state index in [-0.39, 0.29) is 0 Å². The van der Waals surface area contributed by atoms with E-state index in [1.54, 1.807) is 0 Å². The average Bonchev–Trinajstić information content (AvgIpc) is 2.48. The molecule has 0 amide bonds. The highest BCUT2D eigenvalue weighted by atomic mass is 127. The predicted molar refractivity (Wildman–Crippen MR) is 98.1 cm³/mol. The second kappa shape index (κ2) is 7.59. The first-order valence-corrected chi connectivity index (χ1v) is 8.24. The Morgan fingerprint density at radius 3 is 2.43 bits per heavy atom. The second-order valence-electron chi connectivity index (χ2n) is 5.13. The molecule has 0 atom stereocenters. The van der Waals surface area contributed by atoms with Crippen LogP contribution in [0.25, 0.3) is 0 Å². The van der Waals surface area contributed by atoms with Gasteiger partial charge in [0, 0.05) is 6.21 Å². The molecule has 0 aromatic heterocycles. The van der Waals surface area contributed by atoms with Crippen molar-refractivity contribution in [3.05, 3.63) is 57.2 Å². The van der Waals surface area contributed by atoms with E-state index in [1.807, 2.05) is 25.3 Å². The molecule has 2 nitrogen and oxygen atoms in total. The van der Waals surface area contributed by atoms with Crippen LogP contribution in [0.2, 0.25) is 0 Å². The van der Waals surface area contributed by atoms with Crippen molar-refractivity contribution in [1.82, 2.24) is 0 Å². The summed E-state index contributed by atoms with van der Waals surface area (Å²) < 4.78 is 6.64. The molecule has 0 aliphatic rings. The Bertz CT molecular complexity index is 618. The molecule has 0 saturated carbocycles. The third kappa shape index (κ3) is 4.56. The summed E-state index contributed by atoms with van der Waals surface area (Å²) in [6.07, 6.45) is 1.89. The molecule has 21 heavy (non-hydrogen) atoms. The Morgan fingerprint density at radius 1 is 1.14 bits per heavy atom. The Labute approximate surface area is 140 Å². The van der Waals surface area contributed by atoms with Gasteiger partial charge in [-0.2, -0.15) is 0 Å². The maximum atomic E-state index is 5.54. The van der Waals surface area contributed by atoms with E-state index < -0.39 is 0 Å². The number of nitrogens with zero attached hydrogens (tertiary/aromatic N) is 1. The number of hydrogen-bond acceptors (Lipinski definition) is 2. The molecular weight excluding hydrogens is 373 g/mol. The van der Waals surface area contributed by atoms with Gasteiger partial charge in [0.1, 0.15) is 5.75 Å². The molecule has 2 aromatic rings. The molecular formula is C18H20INO. The summed E-state index contributed by atoms with van der Waals surface area (Å²) in [5, 5.41) is 0. The highest BCUT2D eigenvalue weighted by Crippen LogP contribution is 2.22. The summed E-state index contributed by atoms with van der Waals surface area (Å²) in [7, 11) is 0. The van der Waals surface area contributed by atoms with Crippen LogP contribution in [-0.4, -0.2) is 12.8 Å². The van der Waals surface area contributed by atoms with Crippen molar-refractivity contribution in [2.24, 2.45) is 4.99 Å². The number of benzene rings is 2. The second-order valence-corrected chi connectivity index (χ2v) is 6.29. The van der Waals surface area contributed by atoms with Crippen LogP contribution in [0, 0.1) is 3.57 Å². The molecule has 0 aliphatic carbocycles. The van der Waals surface area contributed by atoms with Gasteiger partial charge >= 0.3 is 0 Å². The van der Waals surface area contributed by atoms with Crippen molar-refractivity contribution in [3.63, 3.8) is 0 Å². The molecule has 0 aliphatic heterocycles. The first kappa shape index (κ1) is 16.0. The minimum atomic E-state index is 0.552. The summed E-state index contributed by atoms with van der Waals surface area (Å²) in [5.74, 6) is 1.48.